The molecule has 0 aromatic rings. The number of hydrogen-bond acceptors (Lipinski definition) is 4. The Morgan fingerprint density at radius 3 is 2.88 bits per heavy atom. The number of nitrogens with zero attached hydrogens (tertiary/aromatic N) is 2. The van der Waals surface area contributed by atoms with Gasteiger partial charge in [-0.15, -0.1) is 0 Å². The van der Waals surface area contributed by atoms with E-state index in [2.05, 4.69) is 10.1 Å². The number of nitrogens with one attached hydrogen (secondary N) is 1. The number of esters is 1. The van der Waals surface area contributed by atoms with Crippen LogP contribution in [0.5, 0.6) is 0 Å². The molecule has 92 valence electrons. The van der Waals surface area contributed by atoms with Crippen molar-refractivity contribution in [3.05, 3.63) is 0 Å². The standard InChI is InChI=1S/C10H19N3O3/c1-12(5-3-9(14)16-2)7-8-13-6-4-11-10(13)15/h3-8H2,1-2H3,(H,11,15). The van der Waals surface area contributed by atoms with Crippen molar-refractivity contribution in [2.24, 2.45) is 0 Å². The van der Waals surface area contributed by atoms with Crippen molar-refractivity contribution in [3.8, 4) is 0 Å². The van der Waals surface area contributed by atoms with Crippen molar-refractivity contribution in [1.29, 1.82) is 0 Å². The molecule has 0 spiro atoms. The van der Waals surface area contributed by atoms with Gasteiger partial charge in [0.15, 0.2) is 0 Å². The number of likely N-dealkylation sites (N-methyl/N-ethyl adjacent to an activating group) is 1. The quantitative estimate of drug-likeness (QED) is 0.624. The maximum Gasteiger partial charge on any atom is 0.317 e. The SMILES string of the molecule is COC(=O)CCN(C)CCN1CCNC1=O. The predicted octanol–water partition coefficient (Wildman–Crippen LogP) is -0.493. The topological polar surface area (TPSA) is 61.9 Å². The number of carbonyl (C=O) groups is 2. The summed E-state index contributed by atoms with van der Waals surface area (Å²) < 4.78 is 4.56. The van der Waals surface area contributed by atoms with Crippen molar-refractivity contribution in [1.82, 2.24) is 15.1 Å². The summed E-state index contributed by atoms with van der Waals surface area (Å²) in [5.41, 5.74) is 0. The van der Waals surface area contributed by atoms with Gasteiger partial charge in [0.05, 0.1) is 13.5 Å². The molecule has 0 atom stereocenters. The smallest absolute Gasteiger partial charge is 0.317 e. The van der Waals surface area contributed by atoms with Gasteiger partial charge in [0.2, 0.25) is 0 Å². The van der Waals surface area contributed by atoms with Crippen LogP contribution in [0.25, 0.3) is 0 Å². The van der Waals surface area contributed by atoms with Gasteiger partial charge in [-0.3, -0.25) is 4.79 Å². The second kappa shape index (κ2) is 6.32. The maximum atomic E-state index is 11.2. The zero-order valence-electron chi connectivity index (χ0n) is 9.86. The van der Waals surface area contributed by atoms with E-state index in [9.17, 15) is 9.59 Å². The molecule has 0 aromatic carbocycles. The molecule has 0 aliphatic carbocycles. The largest absolute Gasteiger partial charge is 0.469 e. The average Bonchev–Trinajstić information content (AvgIpc) is 2.69. The Labute approximate surface area is 95.5 Å². The summed E-state index contributed by atoms with van der Waals surface area (Å²) in [6.07, 6.45) is 0.388. The number of hydrogen-bond donors (Lipinski definition) is 1. The zero-order valence-corrected chi connectivity index (χ0v) is 9.86. The van der Waals surface area contributed by atoms with E-state index in [1.807, 2.05) is 11.9 Å². The van der Waals surface area contributed by atoms with Crippen molar-refractivity contribution in [2.75, 3.05) is 46.9 Å². The second-order valence-electron chi connectivity index (χ2n) is 3.85. The van der Waals surface area contributed by atoms with E-state index in [4.69, 9.17) is 0 Å². The summed E-state index contributed by atoms with van der Waals surface area (Å²) in [4.78, 5) is 25.9. The minimum atomic E-state index is -0.203. The average molecular weight is 229 g/mol. The molecule has 1 aliphatic heterocycles. The molecule has 0 aromatic heterocycles. The van der Waals surface area contributed by atoms with Gasteiger partial charge in [-0.1, -0.05) is 0 Å². The molecule has 1 N–H and O–H groups in total. The fourth-order valence-electron chi connectivity index (χ4n) is 1.51. The Kier molecular flexibility index (Phi) is 5.04. The Balaban J connectivity index is 2.12. The molecule has 0 saturated carbocycles. The van der Waals surface area contributed by atoms with Crippen molar-refractivity contribution < 1.29 is 14.3 Å². The molecule has 0 bridgehead atoms. The van der Waals surface area contributed by atoms with Crippen LogP contribution in [0.1, 0.15) is 6.42 Å². The van der Waals surface area contributed by atoms with Gasteiger partial charge in [0, 0.05) is 32.7 Å². The van der Waals surface area contributed by atoms with Crippen LogP contribution in [0.4, 0.5) is 4.79 Å². The summed E-state index contributed by atoms with van der Waals surface area (Å²) in [6, 6.07) is 0.00127. The normalized spacial score (nSPS) is 15.4. The first-order valence-corrected chi connectivity index (χ1v) is 5.41. The fourth-order valence-corrected chi connectivity index (χ4v) is 1.51. The van der Waals surface area contributed by atoms with Gasteiger partial charge in [-0.25, -0.2) is 4.79 Å². The second-order valence-corrected chi connectivity index (χ2v) is 3.85. The first-order valence-electron chi connectivity index (χ1n) is 5.41. The monoisotopic (exact) mass is 229 g/mol. The van der Waals surface area contributed by atoms with Gasteiger partial charge in [-0.05, 0) is 7.05 Å². The first-order chi connectivity index (χ1) is 7.63. The van der Waals surface area contributed by atoms with Crippen LogP contribution < -0.4 is 5.32 Å². The number of ether oxygens (including phenoxy) is 1. The summed E-state index contributed by atoms with van der Waals surface area (Å²) in [7, 11) is 3.31. The van der Waals surface area contributed by atoms with Crippen LogP contribution in [0.2, 0.25) is 0 Å². The van der Waals surface area contributed by atoms with E-state index in [0.717, 1.165) is 19.6 Å². The van der Waals surface area contributed by atoms with E-state index in [1.165, 1.54) is 7.11 Å². The van der Waals surface area contributed by atoms with E-state index >= 15 is 0 Å². The number of carbonyl (C=O) groups excluding carboxylic acids is 2. The van der Waals surface area contributed by atoms with Gasteiger partial charge in [0.25, 0.3) is 0 Å². The third-order valence-corrected chi connectivity index (χ3v) is 2.62. The number of urea groups is 1. The first kappa shape index (κ1) is 12.8. The molecule has 0 unspecified atom stereocenters. The highest BCUT2D eigenvalue weighted by Gasteiger charge is 2.19. The lowest BCUT2D eigenvalue weighted by Gasteiger charge is -2.20. The maximum absolute atomic E-state index is 11.2. The van der Waals surface area contributed by atoms with Crippen molar-refractivity contribution >= 4 is 12.0 Å². The van der Waals surface area contributed by atoms with E-state index < -0.39 is 0 Å². The van der Waals surface area contributed by atoms with E-state index in [0.29, 0.717) is 19.5 Å². The summed E-state index contributed by atoms with van der Waals surface area (Å²) in [5.74, 6) is -0.203. The van der Waals surface area contributed by atoms with Gasteiger partial charge in [-0.2, -0.15) is 0 Å². The van der Waals surface area contributed by atoms with Crippen LogP contribution in [-0.4, -0.2) is 68.7 Å². The number of amides is 2. The fraction of sp³-hybridized carbons (Fsp3) is 0.800. The van der Waals surface area contributed by atoms with Gasteiger partial charge in [0.1, 0.15) is 0 Å². The highest BCUT2D eigenvalue weighted by Crippen LogP contribution is 1.97. The van der Waals surface area contributed by atoms with Crippen LogP contribution in [-0.2, 0) is 9.53 Å². The molecule has 1 saturated heterocycles. The third-order valence-electron chi connectivity index (χ3n) is 2.62. The molecular formula is C10H19N3O3. The molecule has 1 fully saturated rings. The highest BCUT2D eigenvalue weighted by molar-refractivity contribution is 5.76. The Hall–Kier alpha value is -1.30. The lowest BCUT2D eigenvalue weighted by atomic mass is 10.4. The Morgan fingerprint density at radius 2 is 2.31 bits per heavy atom. The number of rotatable bonds is 6. The summed E-state index contributed by atoms with van der Waals surface area (Å²) in [5, 5.41) is 2.75. The molecule has 1 rings (SSSR count). The predicted molar refractivity (Wildman–Crippen MR) is 59.1 cm³/mol. The third kappa shape index (κ3) is 4.06. The lowest BCUT2D eigenvalue weighted by molar-refractivity contribution is -0.140. The van der Waals surface area contributed by atoms with Crippen LogP contribution >= 0.6 is 0 Å². The van der Waals surface area contributed by atoms with Crippen molar-refractivity contribution in [3.63, 3.8) is 0 Å². The molecule has 2 amide bonds. The lowest BCUT2D eigenvalue weighted by Crippen LogP contribution is -2.36. The van der Waals surface area contributed by atoms with Crippen molar-refractivity contribution in [2.45, 2.75) is 6.42 Å². The van der Waals surface area contributed by atoms with E-state index in [-0.39, 0.29) is 12.0 Å². The van der Waals surface area contributed by atoms with Crippen LogP contribution in [0.3, 0.4) is 0 Å². The molecule has 16 heavy (non-hydrogen) atoms. The molecule has 1 aliphatic rings. The summed E-state index contributed by atoms with van der Waals surface area (Å²) in [6.45, 7) is 3.62. The molecule has 6 heteroatoms. The number of methoxy groups -OCH3 is 1. The zero-order chi connectivity index (χ0) is 12.0. The van der Waals surface area contributed by atoms with E-state index in [1.54, 1.807) is 4.90 Å². The molecule has 1 heterocycles. The Morgan fingerprint density at radius 1 is 1.56 bits per heavy atom. The molecule has 6 nitrogen and oxygen atoms in total. The van der Waals surface area contributed by atoms with Crippen LogP contribution in [0, 0.1) is 0 Å². The minimum absolute atomic E-state index is 0.00127. The highest BCUT2D eigenvalue weighted by atomic mass is 16.5. The molecular weight excluding hydrogens is 210 g/mol. The molecule has 0 radical (unpaired) electrons. The Bertz CT molecular complexity index is 258. The van der Waals surface area contributed by atoms with Gasteiger partial charge < -0.3 is 19.9 Å². The van der Waals surface area contributed by atoms with Gasteiger partial charge >= 0.3 is 12.0 Å². The van der Waals surface area contributed by atoms with Crippen LogP contribution in [0.15, 0.2) is 0 Å². The summed E-state index contributed by atoms with van der Waals surface area (Å²) >= 11 is 0. The minimum Gasteiger partial charge on any atom is -0.469 e.